The van der Waals surface area contributed by atoms with Gasteiger partial charge in [-0.25, -0.2) is 0 Å². The van der Waals surface area contributed by atoms with E-state index in [-0.39, 0.29) is 6.10 Å². The summed E-state index contributed by atoms with van der Waals surface area (Å²) in [6.07, 6.45) is 2.01. The molecule has 1 aromatic heterocycles. The number of aliphatic hydroxyl groups excluding tert-OH is 1. The molecule has 19 heavy (non-hydrogen) atoms. The standard InChI is InChI=1S/C16H18O2S/c17-15(6-5-12-8-10-19-11-12)16-14-4-2-1-3-13(14)7-9-18-16/h1-4,8,10-11,15-17H,5-7,9H2. The molecular formula is C16H18O2S. The monoisotopic (exact) mass is 274 g/mol. The minimum Gasteiger partial charge on any atom is -0.390 e. The lowest BCUT2D eigenvalue weighted by molar-refractivity contribution is -0.0493. The lowest BCUT2D eigenvalue weighted by Crippen LogP contribution is -2.27. The predicted octanol–water partition coefficient (Wildman–Crippen LogP) is 3.36. The van der Waals surface area contributed by atoms with E-state index >= 15 is 0 Å². The molecule has 0 spiro atoms. The van der Waals surface area contributed by atoms with E-state index in [0.29, 0.717) is 6.61 Å². The largest absolute Gasteiger partial charge is 0.390 e. The van der Waals surface area contributed by atoms with Crippen LogP contribution < -0.4 is 0 Å². The third-order valence-corrected chi connectivity index (χ3v) is 4.42. The van der Waals surface area contributed by atoms with Gasteiger partial charge in [-0.2, -0.15) is 11.3 Å². The average molecular weight is 274 g/mol. The Morgan fingerprint density at radius 1 is 1.32 bits per heavy atom. The topological polar surface area (TPSA) is 29.5 Å². The maximum Gasteiger partial charge on any atom is 0.109 e. The molecule has 0 bridgehead atoms. The van der Waals surface area contributed by atoms with Crippen molar-refractivity contribution in [3.8, 4) is 0 Å². The molecule has 1 aliphatic heterocycles. The van der Waals surface area contributed by atoms with E-state index in [0.717, 1.165) is 24.8 Å². The molecule has 1 aromatic carbocycles. The van der Waals surface area contributed by atoms with Gasteiger partial charge in [0, 0.05) is 0 Å². The van der Waals surface area contributed by atoms with E-state index in [2.05, 4.69) is 35.0 Å². The maximum atomic E-state index is 10.4. The van der Waals surface area contributed by atoms with E-state index < -0.39 is 6.10 Å². The molecule has 2 nitrogen and oxygen atoms in total. The number of hydrogen-bond acceptors (Lipinski definition) is 3. The van der Waals surface area contributed by atoms with Crippen LogP contribution in [0.3, 0.4) is 0 Å². The van der Waals surface area contributed by atoms with Crippen molar-refractivity contribution >= 4 is 11.3 Å². The number of ether oxygens (including phenoxy) is 1. The van der Waals surface area contributed by atoms with Crippen LogP contribution in [0.5, 0.6) is 0 Å². The van der Waals surface area contributed by atoms with Gasteiger partial charge in [-0.3, -0.25) is 0 Å². The van der Waals surface area contributed by atoms with Crippen molar-refractivity contribution in [1.29, 1.82) is 0 Å². The Morgan fingerprint density at radius 2 is 2.21 bits per heavy atom. The number of aliphatic hydroxyl groups is 1. The second kappa shape index (κ2) is 5.87. The van der Waals surface area contributed by atoms with Gasteiger partial charge >= 0.3 is 0 Å². The molecule has 0 radical (unpaired) electrons. The fraction of sp³-hybridized carbons (Fsp3) is 0.375. The van der Waals surface area contributed by atoms with Gasteiger partial charge in [-0.15, -0.1) is 0 Å². The number of aryl methyl sites for hydroxylation is 1. The summed E-state index contributed by atoms with van der Waals surface area (Å²) in [4.78, 5) is 0. The highest BCUT2D eigenvalue weighted by Gasteiger charge is 2.26. The van der Waals surface area contributed by atoms with Gasteiger partial charge in [-0.05, 0) is 52.8 Å². The molecule has 0 amide bonds. The van der Waals surface area contributed by atoms with Gasteiger partial charge in [0.2, 0.25) is 0 Å². The molecule has 0 aliphatic carbocycles. The molecule has 1 aliphatic rings. The van der Waals surface area contributed by atoms with Crippen molar-refractivity contribution < 1.29 is 9.84 Å². The van der Waals surface area contributed by atoms with Gasteiger partial charge in [-0.1, -0.05) is 24.3 Å². The summed E-state index contributed by atoms with van der Waals surface area (Å²) in [6, 6.07) is 10.4. The first kappa shape index (κ1) is 12.9. The van der Waals surface area contributed by atoms with Gasteiger partial charge in [0.15, 0.2) is 0 Å². The van der Waals surface area contributed by atoms with E-state index in [1.54, 1.807) is 11.3 Å². The van der Waals surface area contributed by atoms with Crippen LogP contribution in [0.1, 0.15) is 29.2 Å². The first-order valence-corrected chi connectivity index (χ1v) is 7.67. The van der Waals surface area contributed by atoms with Crippen LogP contribution in [0.15, 0.2) is 41.1 Å². The summed E-state index contributed by atoms with van der Waals surface area (Å²) in [5.74, 6) is 0. The van der Waals surface area contributed by atoms with E-state index in [4.69, 9.17) is 4.74 Å². The third-order valence-electron chi connectivity index (χ3n) is 3.69. The van der Waals surface area contributed by atoms with Crippen molar-refractivity contribution in [1.82, 2.24) is 0 Å². The van der Waals surface area contributed by atoms with E-state index in [1.807, 2.05) is 6.07 Å². The molecule has 1 N–H and O–H groups in total. The van der Waals surface area contributed by atoms with Gasteiger partial charge < -0.3 is 9.84 Å². The van der Waals surface area contributed by atoms with Crippen molar-refractivity contribution in [3.63, 3.8) is 0 Å². The molecular weight excluding hydrogens is 256 g/mol. The number of rotatable bonds is 4. The molecule has 3 heteroatoms. The molecule has 2 unspecified atom stereocenters. The smallest absolute Gasteiger partial charge is 0.109 e. The second-order valence-electron chi connectivity index (χ2n) is 4.98. The zero-order valence-corrected chi connectivity index (χ0v) is 11.6. The van der Waals surface area contributed by atoms with Crippen LogP contribution in [-0.2, 0) is 17.6 Å². The molecule has 100 valence electrons. The first-order valence-electron chi connectivity index (χ1n) is 6.73. The summed E-state index contributed by atoms with van der Waals surface area (Å²) in [5, 5.41) is 14.6. The third kappa shape index (κ3) is 2.89. The molecule has 0 saturated heterocycles. The highest BCUT2D eigenvalue weighted by molar-refractivity contribution is 7.07. The summed E-state index contributed by atoms with van der Waals surface area (Å²) in [5.41, 5.74) is 3.77. The zero-order chi connectivity index (χ0) is 13.1. The Hall–Kier alpha value is -1.16. The Morgan fingerprint density at radius 3 is 3.05 bits per heavy atom. The normalized spacial score (nSPS) is 19.9. The minimum absolute atomic E-state index is 0.163. The second-order valence-corrected chi connectivity index (χ2v) is 5.76. The van der Waals surface area contributed by atoms with Crippen molar-refractivity contribution in [2.24, 2.45) is 0 Å². The van der Waals surface area contributed by atoms with E-state index in [9.17, 15) is 5.11 Å². The zero-order valence-electron chi connectivity index (χ0n) is 10.8. The minimum atomic E-state index is -0.429. The lowest BCUT2D eigenvalue weighted by Gasteiger charge is -2.29. The van der Waals surface area contributed by atoms with Crippen LogP contribution in [0, 0.1) is 0 Å². The van der Waals surface area contributed by atoms with Crippen molar-refractivity contribution in [2.75, 3.05) is 6.61 Å². The SMILES string of the molecule is OC(CCc1ccsc1)C1OCCc2ccccc21. The molecule has 0 fully saturated rings. The van der Waals surface area contributed by atoms with Crippen molar-refractivity contribution in [3.05, 3.63) is 57.8 Å². The van der Waals surface area contributed by atoms with Crippen LogP contribution in [0.2, 0.25) is 0 Å². The summed E-state index contributed by atoms with van der Waals surface area (Å²) in [7, 11) is 0. The first-order chi connectivity index (χ1) is 9.34. The average Bonchev–Trinajstić information content (AvgIpc) is 2.97. The Labute approximate surface area is 117 Å². The molecule has 0 saturated carbocycles. The fourth-order valence-electron chi connectivity index (χ4n) is 2.64. The number of thiophene rings is 1. The maximum absolute atomic E-state index is 10.4. The number of benzene rings is 1. The Kier molecular flexibility index (Phi) is 3.97. The van der Waals surface area contributed by atoms with Gasteiger partial charge in [0.05, 0.1) is 12.7 Å². The van der Waals surface area contributed by atoms with Crippen LogP contribution in [0.25, 0.3) is 0 Å². The Balaban J connectivity index is 1.69. The molecule has 2 aromatic rings. The van der Waals surface area contributed by atoms with Gasteiger partial charge in [0.25, 0.3) is 0 Å². The lowest BCUT2D eigenvalue weighted by atomic mass is 9.92. The molecule has 2 heterocycles. The fourth-order valence-corrected chi connectivity index (χ4v) is 3.35. The molecule has 3 rings (SSSR count). The van der Waals surface area contributed by atoms with Crippen molar-refractivity contribution in [2.45, 2.75) is 31.5 Å². The number of hydrogen-bond donors (Lipinski definition) is 1. The van der Waals surface area contributed by atoms with Crippen LogP contribution >= 0.6 is 11.3 Å². The van der Waals surface area contributed by atoms with Crippen LogP contribution in [-0.4, -0.2) is 17.8 Å². The predicted molar refractivity (Wildman–Crippen MR) is 77.5 cm³/mol. The molecule has 2 atom stereocenters. The van der Waals surface area contributed by atoms with Gasteiger partial charge in [0.1, 0.15) is 6.10 Å². The summed E-state index contributed by atoms with van der Waals surface area (Å²) in [6.45, 7) is 0.706. The highest BCUT2D eigenvalue weighted by Crippen LogP contribution is 2.31. The Bertz CT molecular complexity index is 521. The number of fused-ring (bicyclic) bond motifs is 1. The quantitative estimate of drug-likeness (QED) is 0.926. The highest BCUT2D eigenvalue weighted by atomic mass is 32.1. The van der Waals surface area contributed by atoms with E-state index in [1.165, 1.54) is 11.1 Å². The van der Waals surface area contributed by atoms with Crippen LogP contribution in [0.4, 0.5) is 0 Å². The summed E-state index contributed by atoms with van der Waals surface area (Å²) < 4.78 is 5.79. The summed E-state index contributed by atoms with van der Waals surface area (Å²) >= 11 is 1.70.